The van der Waals surface area contributed by atoms with Crippen molar-refractivity contribution in [1.29, 1.82) is 0 Å². The van der Waals surface area contributed by atoms with Crippen LogP contribution >= 0.6 is 0 Å². The molecule has 2 nitrogen and oxygen atoms in total. The van der Waals surface area contributed by atoms with Crippen molar-refractivity contribution in [1.82, 2.24) is 5.32 Å². The summed E-state index contributed by atoms with van der Waals surface area (Å²) in [4.78, 5) is 11.5. The van der Waals surface area contributed by atoms with Crippen LogP contribution in [0.25, 0.3) is 0 Å². The lowest BCUT2D eigenvalue weighted by atomic mass is 9.87. The molecule has 0 saturated carbocycles. The lowest BCUT2D eigenvalue weighted by Crippen LogP contribution is -2.29. The van der Waals surface area contributed by atoms with Crippen molar-refractivity contribution in [2.24, 2.45) is 5.92 Å². The Morgan fingerprint density at radius 3 is 2.37 bits per heavy atom. The zero-order valence-corrected chi connectivity index (χ0v) is 10.8. The molecule has 104 valence electrons. The molecule has 1 aliphatic heterocycles. The van der Waals surface area contributed by atoms with Crippen LogP contribution in [0.4, 0.5) is 13.2 Å². The van der Waals surface area contributed by atoms with E-state index in [9.17, 15) is 18.0 Å². The lowest BCUT2D eigenvalue weighted by molar-refractivity contribution is -0.119. The molecular weight excluding hydrogens is 255 g/mol. The molecule has 1 saturated heterocycles. The maximum absolute atomic E-state index is 13.3. The van der Waals surface area contributed by atoms with Gasteiger partial charge in [0, 0.05) is 18.4 Å². The van der Waals surface area contributed by atoms with Crippen molar-refractivity contribution < 1.29 is 18.0 Å². The van der Waals surface area contributed by atoms with Gasteiger partial charge >= 0.3 is 0 Å². The minimum absolute atomic E-state index is 0.138. The summed E-state index contributed by atoms with van der Waals surface area (Å²) in [7, 11) is 0. The summed E-state index contributed by atoms with van der Waals surface area (Å²) in [6.07, 6.45) is 0.902. The zero-order valence-electron chi connectivity index (χ0n) is 10.8. The highest BCUT2D eigenvalue weighted by Gasteiger charge is 2.34. The standard InChI is InChI=1S/C14H16F3NO/c1-7(2)3-12-9(6-13(19)18-12)8-4-10(15)14(17)11(16)5-8/h4-5,7,9,12H,3,6H2,1-2H3,(H,18,19). The Morgan fingerprint density at radius 2 is 1.84 bits per heavy atom. The van der Waals surface area contributed by atoms with E-state index in [0.717, 1.165) is 18.6 Å². The Morgan fingerprint density at radius 1 is 1.26 bits per heavy atom. The molecule has 1 aliphatic rings. The molecule has 1 aromatic rings. The molecule has 0 aliphatic carbocycles. The van der Waals surface area contributed by atoms with Gasteiger partial charge in [-0.15, -0.1) is 0 Å². The predicted molar refractivity (Wildman–Crippen MR) is 65.1 cm³/mol. The Balaban J connectivity index is 2.31. The number of benzene rings is 1. The summed E-state index contributed by atoms with van der Waals surface area (Å²) < 4.78 is 39.5. The summed E-state index contributed by atoms with van der Waals surface area (Å²) in [6, 6.07) is 1.81. The first-order valence-corrected chi connectivity index (χ1v) is 6.32. The van der Waals surface area contributed by atoms with Crippen LogP contribution in [0.5, 0.6) is 0 Å². The van der Waals surface area contributed by atoms with Crippen molar-refractivity contribution in [2.45, 2.75) is 38.6 Å². The van der Waals surface area contributed by atoms with Gasteiger partial charge in [0.25, 0.3) is 0 Å². The van der Waals surface area contributed by atoms with Crippen LogP contribution < -0.4 is 5.32 Å². The van der Waals surface area contributed by atoms with E-state index in [4.69, 9.17) is 0 Å². The normalized spacial score (nSPS) is 22.9. The van der Waals surface area contributed by atoms with Crippen molar-refractivity contribution in [2.75, 3.05) is 0 Å². The van der Waals surface area contributed by atoms with Crippen LogP contribution in [0.1, 0.15) is 38.2 Å². The third-order valence-corrected chi connectivity index (χ3v) is 3.40. The van der Waals surface area contributed by atoms with Gasteiger partial charge in [0.15, 0.2) is 17.5 Å². The Labute approximate surface area is 110 Å². The quantitative estimate of drug-likeness (QED) is 0.841. The molecule has 0 aromatic heterocycles. The van der Waals surface area contributed by atoms with Gasteiger partial charge in [-0.2, -0.15) is 0 Å². The SMILES string of the molecule is CC(C)CC1NC(=O)CC1c1cc(F)c(F)c(F)c1. The van der Waals surface area contributed by atoms with E-state index < -0.39 is 17.5 Å². The van der Waals surface area contributed by atoms with Crippen molar-refractivity contribution in [3.05, 3.63) is 35.1 Å². The molecule has 2 rings (SSSR count). The number of carbonyl (C=O) groups excluding carboxylic acids is 1. The summed E-state index contributed by atoms with van der Waals surface area (Å²) in [5, 5.41) is 2.81. The van der Waals surface area contributed by atoms with E-state index in [2.05, 4.69) is 5.32 Å². The fourth-order valence-electron chi connectivity index (χ4n) is 2.58. The minimum atomic E-state index is -1.47. The number of carbonyl (C=O) groups is 1. The van der Waals surface area contributed by atoms with E-state index >= 15 is 0 Å². The topological polar surface area (TPSA) is 29.1 Å². The molecule has 1 heterocycles. The number of nitrogens with one attached hydrogen (secondary N) is 1. The largest absolute Gasteiger partial charge is 0.353 e. The van der Waals surface area contributed by atoms with Crippen molar-refractivity contribution in [3.63, 3.8) is 0 Å². The van der Waals surface area contributed by atoms with Crippen LogP contribution in [0.15, 0.2) is 12.1 Å². The van der Waals surface area contributed by atoms with Crippen LogP contribution in [0.2, 0.25) is 0 Å². The lowest BCUT2D eigenvalue weighted by Gasteiger charge is -2.21. The highest BCUT2D eigenvalue weighted by atomic mass is 19.2. The second-order valence-electron chi connectivity index (χ2n) is 5.41. The number of amides is 1. The van der Waals surface area contributed by atoms with E-state index in [0.29, 0.717) is 11.5 Å². The highest BCUT2D eigenvalue weighted by Crippen LogP contribution is 2.33. The molecule has 2 unspecified atom stereocenters. The summed E-state index contributed by atoms with van der Waals surface area (Å²) >= 11 is 0. The second kappa shape index (κ2) is 5.23. The van der Waals surface area contributed by atoms with Gasteiger partial charge in [-0.3, -0.25) is 4.79 Å². The molecule has 2 atom stereocenters. The van der Waals surface area contributed by atoms with Gasteiger partial charge in [-0.05, 0) is 30.0 Å². The third kappa shape index (κ3) is 2.91. The number of rotatable bonds is 3. The molecular formula is C14H16F3NO. The highest BCUT2D eigenvalue weighted by molar-refractivity contribution is 5.80. The molecule has 19 heavy (non-hydrogen) atoms. The van der Waals surface area contributed by atoms with E-state index in [-0.39, 0.29) is 24.3 Å². The molecule has 0 radical (unpaired) electrons. The van der Waals surface area contributed by atoms with Crippen molar-refractivity contribution >= 4 is 5.91 Å². The number of hydrogen-bond donors (Lipinski definition) is 1. The molecule has 1 aromatic carbocycles. The first-order chi connectivity index (χ1) is 8.88. The fraction of sp³-hybridized carbons (Fsp3) is 0.500. The van der Waals surface area contributed by atoms with E-state index in [1.165, 1.54) is 0 Å². The second-order valence-corrected chi connectivity index (χ2v) is 5.41. The van der Waals surface area contributed by atoms with Crippen LogP contribution in [0, 0.1) is 23.4 Å². The maximum atomic E-state index is 13.3. The van der Waals surface area contributed by atoms with Gasteiger partial charge in [-0.1, -0.05) is 13.8 Å². The Bertz CT molecular complexity index is 478. The molecule has 1 amide bonds. The van der Waals surface area contributed by atoms with Crippen LogP contribution in [-0.2, 0) is 4.79 Å². The molecule has 5 heteroatoms. The zero-order chi connectivity index (χ0) is 14.2. The van der Waals surface area contributed by atoms with Gasteiger partial charge in [0.05, 0.1) is 0 Å². The van der Waals surface area contributed by atoms with E-state index in [1.54, 1.807) is 0 Å². The molecule has 1 fully saturated rings. The average Bonchev–Trinajstić information content (AvgIpc) is 2.65. The van der Waals surface area contributed by atoms with Crippen molar-refractivity contribution in [3.8, 4) is 0 Å². The Kier molecular flexibility index (Phi) is 3.83. The minimum Gasteiger partial charge on any atom is -0.353 e. The van der Waals surface area contributed by atoms with E-state index in [1.807, 2.05) is 13.8 Å². The number of hydrogen-bond acceptors (Lipinski definition) is 1. The Hall–Kier alpha value is -1.52. The molecule has 0 spiro atoms. The summed E-state index contributed by atoms with van der Waals surface area (Å²) in [6.45, 7) is 4.01. The fourth-order valence-corrected chi connectivity index (χ4v) is 2.58. The third-order valence-electron chi connectivity index (χ3n) is 3.40. The average molecular weight is 271 g/mol. The summed E-state index contributed by atoms with van der Waals surface area (Å²) in [5.74, 6) is -3.99. The van der Waals surface area contributed by atoms with Crippen LogP contribution in [-0.4, -0.2) is 11.9 Å². The van der Waals surface area contributed by atoms with Gasteiger partial charge in [-0.25, -0.2) is 13.2 Å². The first kappa shape index (κ1) is 13.9. The first-order valence-electron chi connectivity index (χ1n) is 6.32. The maximum Gasteiger partial charge on any atom is 0.220 e. The molecule has 1 N–H and O–H groups in total. The predicted octanol–water partition coefficient (Wildman–Crippen LogP) is 3.12. The summed E-state index contributed by atoms with van der Waals surface area (Å²) in [5.41, 5.74) is 0.334. The van der Waals surface area contributed by atoms with Gasteiger partial charge in [0.1, 0.15) is 0 Å². The molecule has 0 bridgehead atoms. The van der Waals surface area contributed by atoms with Gasteiger partial charge < -0.3 is 5.32 Å². The van der Waals surface area contributed by atoms with Gasteiger partial charge in [0.2, 0.25) is 5.91 Å². The number of halogens is 3. The monoisotopic (exact) mass is 271 g/mol. The van der Waals surface area contributed by atoms with Crippen LogP contribution in [0.3, 0.4) is 0 Å². The smallest absolute Gasteiger partial charge is 0.220 e.